The minimum absolute atomic E-state index is 0.737. The molecule has 0 radical (unpaired) electrons. The van der Waals surface area contributed by atoms with Gasteiger partial charge in [-0.25, -0.2) is 0 Å². The molecule has 0 bridgehead atoms. The Morgan fingerprint density at radius 1 is 1.25 bits per heavy atom. The number of hydrogen-bond donors (Lipinski definition) is 1. The molecule has 0 amide bonds. The van der Waals surface area contributed by atoms with Crippen LogP contribution in [0.5, 0.6) is 0 Å². The smallest absolute Gasteiger partial charge is 0.0448 e. The second-order valence-corrected chi connectivity index (χ2v) is 11.0. The van der Waals surface area contributed by atoms with Crippen molar-refractivity contribution >= 4 is 8.07 Å². The molecule has 0 aliphatic heterocycles. The molecule has 1 saturated carbocycles. The summed E-state index contributed by atoms with van der Waals surface area (Å²) in [6.45, 7) is 12.1. The van der Waals surface area contributed by atoms with Crippen LogP contribution in [-0.4, -0.2) is 21.2 Å². The van der Waals surface area contributed by atoms with Crippen molar-refractivity contribution in [2.45, 2.75) is 45.5 Å². The molecule has 0 aromatic rings. The zero-order valence-electron chi connectivity index (χ0n) is 9.04. The van der Waals surface area contributed by atoms with Crippen molar-refractivity contribution in [1.29, 1.82) is 0 Å². The molecule has 1 rings (SSSR count). The highest BCUT2D eigenvalue weighted by Gasteiger charge is 2.44. The van der Waals surface area contributed by atoms with E-state index in [2.05, 4.69) is 31.9 Å². The van der Waals surface area contributed by atoms with E-state index in [1.807, 2.05) is 0 Å². The summed E-state index contributed by atoms with van der Waals surface area (Å²) in [5, 5.41) is 3.50. The maximum atomic E-state index is 3.50. The zero-order chi connectivity index (χ0) is 9.24. The van der Waals surface area contributed by atoms with Gasteiger partial charge in [0, 0.05) is 14.6 Å². The standard InChI is InChI=1S/C10H23NSi/c1-5-11-8-10(6-7-10)9-12(2,3)4/h11H,5-9H2,1-4H3. The fourth-order valence-electron chi connectivity index (χ4n) is 2.11. The van der Waals surface area contributed by atoms with Crippen LogP contribution in [0.3, 0.4) is 0 Å². The van der Waals surface area contributed by atoms with E-state index in [4.69, 9.17) is 0 Å². The van der Waals surface area contributed by atoms with Crippen LogP contribution in [0, 0.1) is 5.41 Å². The second-order valence-electron chi connectivity index (χ2n) is 5.52. The van der Waals surface area contributed by atoms with Gasteiger partial charge in [0.25, 0.3) is 0 Å². The number of nitrogens with one attached hydrogen (secondary N) is 1. The van der Waals surface area contributed by atoms with Gasteiger partial charge < -0.3 is 5.32 Å². The van der Waals surface area contributed by atoms with Gasteiger partial charge in [-0.2, -0.15) is 0 Å². The van der Waals surface area contributed by atoms with Gasteiger partial charge in [0.15, 0.2) is 0 Å². The van der Waals surface area contributed by atoms with Gasteiger partial charge >= 0.3 is 0 Å². The largest absolute Gasteiger partial charge is 0.316 e. The fraction of sp³-hybridized carbons (Fsp3) is 1.00. The van der Waals surface area contributed by atoms with Crippen molar-refractivity contribution in [3.63, 3.8) is 0 Å². The molecule has 1 fully saturated rings. The van der Waals surface area contributed by atoms with Gasteiger partial charge in [0.1, 0.15) is 0 Å². The maximum absolute atomic E-state index is 3.50. The van der Waals surface area contributed by atoms with Crippen molar-refractivity contribution in [2.75, 3.05) is 13.1 Å². The molecule has 0 aromatic heterocycles. The van der Waals surface area contributed by atoms with E-state index < -0.39 is 8.07 Å². The zero-order valence-corrected chi connectivity index (χ0v) is 10.0. The number of hydrogen-bond acceptors (Lipinski definition) is 1. The van der Waals surface area contributed by atoms with E-state index in [0.29, 0.717) is 0 Å². The van der Waals surface area contributed by atoms with E-state index >= 15 is 0 Å². The van der Waals surface area contributed by atoms with Crippen LogP contribution < -0.4 is 5.32 Å². The molecular formula is C10H23NSi. The quantitative estimate of drug-likeness (QED) is 0.649. The minimum atomic E-state index is -0.820. The van der Waals surface area contributed by atoms with E-state index in [0.717, 1.165) is 12.0 Å². The Kier molecular flexibility index (Phi) is 3.00. The normalized spacial score (nSPS) is 21.0. The van der Waals surface area contributed by atoms with E-state index in [1.165, 1.54) is 25.4 Å². The monoisotopic (exact) mass is 185 g/mol. The molecule has 0 spiro atoms. The minimum Gasteiger partial charge on any atom is -0.316 e. The van der Waals surface area contributed by atoms with Crippen molar-refractivity contribution in [3.05, 3.63) is 0 Å². The molecule has 2 heteroatoms. The van der Waals surface area contributed by atoms with Crippen LogP contribution in [0.2, 0.25) is 25.7 Å². The first-order valence-electron chi connectivity index (χ1n) is 5.18. The molecule has 1 N–H and O–H groups in total. The highest BCUT2D eigenvalue weighted by atomic mass is 28.3. The van der Waals surface area contributed by atoms with Gasteiger partial charge in [-0.3, -0.25) is 0 Å². The third-order valence-corrected chi connectivity index (χ3v) is 4.42. The van der Waals surface area contributed by atoms with Crippen molar-refractivity contribution in [2.24, 2.45) is 5.41 Å². The fourth-order valence-corrected chi connectivity index (χ4v) is 4.84. The summed E-state index contributed by atoms with van der Waals surface area (Å²) in [6.07, 6.45) is 2.95. The molecule has 72 valence electrons. The Morgan fingerprint density at radius 2 is 1.83 bits per heavy atom. The van der Waals surface area contributed by atoms with E-state index in [1.54, 1.807) is 0 Å². The molecular weight excluding hydrogens is 162 g/mol. The first-order chi connectivity index (χ1) is 5.47. The molecule has 0 aromatic carbocycles. The Bertz CT molecular complexity index is 144. The summed E-state index contributed by atoms with van der Waals surface area (Å²) < 4.78 is 0. The predicted molar refractivity (Wildman–Crippen MR) is 58.4 cm³/mol. The second kappa shape index (κ2) is 3.50. The summed E-state index contributed by atoms with van der Waals surface area (Å²) in [4.78, 5) is 0. The third kappa shape index (κ3) is 3.28. The van der Waals surface area contributed by atoms with Crippen LogP contribution in [-0.2, 0) is 0 Å². The van der Waals surface area contributed by atoms with Crippen LogP contribution in [0.25, 0.3) is 0 Å². The lowest BCUT2D eigenvalue weighted by atomic mass is 10.1. The average Bonchev–Trinajstić information content (AvgIpc) is 2.62. The third-order valence-electron chi connectivity index (χ3n) is 2.61. The summed E-state index contributed by atoms with van der Waals surface area (Å²) in [6, 6.07) is 1.52. The average molecular weight is 185 g/mol. The topological polar surface area (TPSA) is 12.0 Å². The van der Waals surface area contributed by atoms with Gasteiger partial charge in [0.2, 0.25) is 0 Å². The van der Waals surface area contributed by atoms with Gasteiger partial charge in [-0.15, -0.1) is 0 Å². The first kappa shape index (κ1) is 10.3. The Hall–Kier alpha value is 0.177. The molecule has 0 unspecified atom stereocenters. The maximum Gasteiger partial charge on any atom is 0.0448 e. The summed E-state index contributed by atoms with van der Waals surface area (Å²) in [5.74, 6) is 0. The van der Waals surface area contributed by atoms with Crippen LogP contribution >= 0.6 is 0 Å². The highest BCUT2D eigenvalue weighted by molar-refractivity contribution is 6.76. The SMILES string of the molecule is CCNCC1(C[Si](C)(C)C)CC1. The Morgan fingerprint density at radius 3 is 2.17 bits per heavy atom. The summed E-state index contributed by atoms with van der Waals surface area (Å²) in [5.41, 5.74) is 0.737. The van der Waals surface area contributed by atoms with Crippen LogP contribution in [0.4, 0.5) is 0 Å². The Labute approximate surface area is 77.9 Å². The van der Waals surface area contributed by atoms with Crippen LogP contribution in [0.1, 0.15) is 19.8 Å². The summed E-state index contributed by atoms with van der Waals surface area (Å²) in [7, 11) is -0.820. The van der Waals surface area contributed by atoms with E-state index in [-0.39, 0.29) is 0 Å². The lowest BCUT2D eigenvalue weighted by Gasteiger charge is -2.24. The molecule has 0 saturated heterocycles. The van der Waals surface area contributed by atoms with Gasteiger partial charge in [0.05, 0.1) is 0 Å². The molecule has 0 atom stereocenters. The van der Waals surface area contributed by atoms with Crippen molar-refractivity contribution in [1.82, 2.24) is 5.32 Å². The molecule has 12 heavy (non-hydrogen) atoms. The van der Waals surface area contributed by atoms with Crippen molar-refractivity contribution in [3.8, 4) is 0 Å². The lowest BCUT2D eigenvalue weighted by molar-refractivity contribution is 0.504. The van der Waals surface area contributed by atoms with Gasteiger partial charge in [-0.05, 0) is 24.8 Å². The molecule has 1 nitrogen and oxygen atoms in total. The molecule has 0 heterocycles. The summed E-state index contributed by atoms with van der Waals surface area (Å²) >= 11 is 0. The number of rotatable bonds is 5. The predicted octanol–water partition coefficient (Wildman–Crippen LogP) is 2.71. The van der Waals surface area contributed by atoms with Crippen molar-refractivity contribution < 1.29 is 0 Å². The van der Waals surface area contributed by atoms with Crippen LogP contribution in [0.15, 0.2) is 0 Å². The molecule has 1 aliphatic carbocycles. The van der Waals surface area contributed by atoms with E-state index in [9.17, 15) is 0 Å². The Balaban J connectivity index is 2.30. The highest BCUT2D eigenvalue weighted by Crippen LogP contribution is 2.51. The van der Waals surface area contributed by atoms with Gasteiger partial charge in [-0.1, -0.05) is 32.6 Å². The molecule has 1 aliphatic rings. The first-order valence-corrected chi connectivity index (χ1v) is 8.89. The lowest BCUT2D eigenvalue weighted by Crippen LogP contribution is -2.31.